The summed E-state index contributed by atoms with van der Waals surface area (Å²) in [5, 5.41) is 4.50. The van der Waals surface area contributed by atoms with Crippen LogP contribution in [0.15, 0.2) is 75.5 Å². The Morgan fingerprint density at radius 1 is 1.04 bits per heavy atom. The first kappa shape index (κ1) is 36.3. The first-order chi connectivity index (χ1) is 23.8. The number of rotatable bonds is 9. The molecule has 0 bridgehead atoms. The molecule has 1 aliphatic carbocycles. The lowest BCUT2D eigenvalue weighted by atomic mass is 9.75. The second kappa shape index (κ2) is 17.6. The van der Waals surface area contributed by atoms with Crippen LogP contribution in [0.3, 0.4) is 0 Å². The molecular formula is C36H45ClN8O3S. The average molecular weight is 705 g/mol. The largest absolute Gasteiger partial charge is 0.388 e. The van der Waals surface area contributed by atoms with Crippen LogP contribution in [-0.2, 0) is 20.8 Å². The van der Waals surface area contributed by atoms with Crippen LogP contribution in [0.2, 0.25) is 5.15 Å². The summed E-state index contributed by atoms with van der Waals surface area (Å²) in [7, 11) is 0. The number of Topliss-reactive ketones (excluding diaryl/α,β-unsaturated/α-hetero) is 1. The number of carbonyl (C=O) groups excluding carboxylic acids is 3. The Bertz CT molecular complexity index is 1740. The van der Waals surface area contributed by atoms with Crippen LogP contribution in [0.1, 0.15) is 43.7 Å². The van der Waals surface area contributed by atoms with E-state index in [0.717, 1.165) is 21.4 Å². The predicted octanol–water partition coefficient (Wildman–Crippen LogP) is 4.27. The number of pyridine rings is 1. The third-order valence-electron chi connectivity index (χ3n) is 9.08. The van der Waals surface area contributed by atoms with Crippen LogP contribution in [0.5, 0.6) is 0 Å². The Morgan fingerprint density at radius 2 is 1.84 bits per heavy atom. The summed E-state index contributed by atoms with van der Waals surface area (Å²) in [4.78, 5) is 59.5. The van der Waals surface area contributed by atoms with E-state index in [2.05, 4.69) is 20.3 Å². The SMILES string of the molecule is CC1C2=C(CC(=O)[C@H]1Cc1c[nH]c3ccccc13)Sc1ccnc(Cl)c1C=N/C=C\NCCN(CCCN)C(=O)CN(CCCCN)C2=O. The average Bonchev–Trinajstić information content (AvgIpc) is 3.50. The summed E-state index contributed by atoms with van der Waals surface area (Å²) in [6.45, 7) is 4.55. The molecule has 1 aliphatic heterocycles. The van der Waals surface area contributed by atoms with Gasteiger partial charge in [-0.15, -0.1) is 0 Å². The van der Waals surface area contributed by atoms with Gasteiger partial charge in [0.15, 0.2) is 0 Å². The minimum Gasteiger partial charge on any atom is -0.388 e. The summed E-state index contributed by atoms with van der Waals surface area (Å²) in [6.07, 6.45) is 11.0. The number of ketones is 1. The molecule has 0 saturated heterocycles. The van der Waals surface area contributed by atoms with E-state index >= 15 is 0 Å². The molecule has 260 valence electrons. The van der Waals surface area contributed by atoms with E-state index in [4.69, 9.17) is 23.1 Å². The number of para-hydroxylation sites is 1. The summed E-state index contributed by atoms with van der Waals surface area (Å²) >= 11 is 7.90. The molecule has 2 aromatic heterocycles. The Labute approximate surface area is 296 Å². The fourth-order valence-corrected chi connectivity index (χ4v) is 7.91. The van der Waals surface area contributed by atoms with Crippen molar-refractivity contribution in [2.75, 3.05) is 45.8 Å². The molecule has 6 N–H and O–H groups in total. The first-order valence-electron chi connectivity index (χ1n) is 16.8. The lowest BCUT2D eigenvalue weighted by Crippen LogP contribution is -2.47. The number of nitrogens with zero attached hydrogens (tertiary/aromatic N) is 4. The zero-order valence-electron chi connectivity index (χ0n) is 27.9. The lowest BCUT2D eigenvalue weighted by Gasteiger charge is -2.35. The molecule has 49 heavy (non-hydrogen) atoms. The van der Waals surface area contributed by atoms with Gasteiger partial charge >= 0.3 is 0 Å². The van der Waals surface area contributed by atoms with Crippen molar-refractivity contribution in [2.45, 2.75) is 43.9 Å². The number of aliphatic imine (C=N–C) groups is 1. The van der Waals surface area contributed by atoms with Crippen LogP contribution >= 0.6 is 23.4 Å². The van der Waals surface area contributed by atoms with Crippen molar-refractivity contribution in [1.29, 1.82) is 0 Å². The number of hydrogen-bond donors (Lipinski definition) is 4. The van der Waals surface area contributed by atoms with Crippen LogP contribution < -0.4 is 16.8 Å². The molecule has 1 aromatic carbocycles. The number of allylic oxidation sites excluding steroid dienone is 1. The van der Waals surface area contributed by atoms with Crippen molar-refractivity contribution in [3.05, 3.63) is 81.9 Å². The highest BCUT2D eigenvalue weighted by molar-refractivity contribution is 8.03. The van der Waals surface area contributed by atoms with Crippen molar-refractivity contribution in [3.63, 3.8) is 0 Å². The van der Waals surface area contributed by atoms with Gasteiger partial charge in [0.25, 0.3) is 5.91 Å². The zero-order valence-corrected chi connectivity index (χ0v) is 29.4. The van der Waals surface area contributed by atoms with E-state index in [9.17, 15) is 14.4 Å². The van der Waals surface area contributed by atoms with Crippen molar-refractivity contribution < 1.29 is 14.4 Å². The zero-order chi connectivity index (χ0) is 34.8. The maximum Gasteiger partial charge on any atom is 0.251 e. The van der Waals surface area contributed by atoms with E-state index in [1.807, 2.05) is 43.5 Å². The van der Waals surface area contributed by atoms with Gasteiger partial charge < -0.3 is 31.6 Å². The van der Waals surface area contributed by atoms with Gasteiger partial charge in [-0.1, -0.05) is 48.5 Å². The molecule has 0 radical (unpaired) electrons. The summed E-state index contributed by atoms with van der Waals surface area (Å²) < 4.78 is 0. The molecule has 13 heteroatoms. The third kappa shape index (κ3) is 8.99. The molecule has 3 heterocycles. The standard InChI is InChI=1S/C36H45ClN8O3S/c1-24-27(19-25-21-43-29-8-3-2-7-26(25)29)30(46)20-32-34(24)36(48)45(16-5-4-10-38)23-33(47)44(17-6-11-39)18-15-40-13-14-41-22-28-31(49-32)9-12-42-35(28)37/h2-3,7-9,12-14,21-22,24,27,40,43H,4-6,10-11,15-20,23,38-39H2,1H3/b14-13-,41-22?/t24?,27-/m0/s1. The van der Waals surface area contributed by atoms with Gasteiger partial charge in [-0.25, -0.2) is 4.98 Å². The van der Waals surface area contributed by atoms with Crippen molar-refractivity contribution in [2.24, 2.45) is 28.3 Å². The number of carbonyl (C=O) groups is 3. The number of aromatic amines is 1. The van der Waals surface area contributed by atoms with Crippen molar-refractivity contribution >= 4 is 58.1 Å². The number of amides is 2. The van der Waals surface area contributed by atoms with E-state index in [0.29, 0.717) is 81.0 Å². The number of halogens is 1. The highest BCUT2D eigenvalue weighted by Crippen LogP contribution is 2.44. The molecule has 2 amide bonds. The molecule has 0 fully saturated rings. The minimum absolute atomic E-state index is 0.0609. The Balaban J connectivity index is 1.59. The second-order valence-electron chi connectivity index (χ2n) is 12.3. The maximum absolute atomic E-state index is 14.9. The first-order valence-corrected chi connectivity index (χ1v) is 18.0. The Kier molecular flexibility index (Phi) is 13.1. The number of thioether (sulfide) groups is 1. The molecule has 2 aliphatic rings. The molecule has 1 unspecified atom stereocenters. The van der Waals surface area contributed by atoms with Gasteiger partial charge in [0, 0.05) is 101 Å². The number of unbranched alkanes of at least 4 members (excludes halogenated alkanes) is 1. The molecule has 5 rings (SSSR count). The number of H-pyrrole nitrogens is 1. The number of nitrogens with one attached hydrogen (secondary N) is 2. The third-order valence-corrected chi connectivity index (χ3v) is 10.6. The van der Waals surface area contributed by atoms with Crippen LogP contribution in [-0.4, -0.2) is 89.4 Å². The van der Waals surface area contributed by atoms with Gasteiger partial charge in [0.2, 0.25) is 5.91 Å². The topological polar surface area (TPSA) is 163 Å². The quantitative estimate of drug-likeness (QED) is 0.190. The normalized spacial score (nSPS) is 20.3. The van der Waals surface area contributed by atoms with E-state index in [1.165, 1.54) is 11.8 Å². The number of hydrogen-bond acceptors (Lipinski definition) is 9. The Hall–Kier alpha value is -3.97. The summed E-state index contributed by atoms with van der Waals surface area (Å²) in [5.41, 5.74) is 14.8. The van der Waals surface area contributed by atoms with E-state index in [-0.39, 0.29) is 35.7 Å². The van der Waals surface area contributed by atoms with Gasteiger partial charge in [0.05, 0.1) is 0 Å². The molecule has 3 aromatic rings. The maximum atomic E-state index is 14.9. The van der Waals surface area contributed by atoms with Gasteiger partial charge in [-0.2, -0.15) is 0 Å². The van der Waals surface area contributed by atoms with Crippen molar-refractivity contribution in [1.82, 2.24) is 25.1 Å². The number of nitrogens with two attached hydrogens (primary N) is 2. The van der Waals surface area contributed by atoms with Crippen LogP contribution in [0.4, 0.5) is 0 Å². The summed E-state index contributed by atoms with van der Waals surface area (Å²) in [6, 6.07) is 9.82. The second-order valence-corrected chi connectivity index (χ2v) is 13.8. The van der Waals surface area contributed by atoms with Gasteiger partial charge in [-0.3, -0.25) is 19.4 Å². The monoisotopic (exact) mass is 704 g/mol. The van der Waals surface area contributed by atoms with Crippen molar-refractivity contribution in [3.8, 4) is 0 Å². The number of fused-ring (bicyclic) bond motifs is 2. The minimum atomic E-state index is -0.433. The molecular weight excluding hydrogens is 660 g/mol. The fraction of sp³-hybridized carbons (Fsp3) is 0.417. The molecule has 2 atom stereocenters. The Morgan fingerprint density at radius 3 is 2.65 bits per heavy atom. The number of aromatic nitrogens is 2. The molecule has 0 spiro atoms. The van der Waals surface area contributed by atoms with Gasteiger partial charge in [0.1, 0.15) is 17.5 Å². The smallest absolute Gasteiger partial charge is 0.251 e. The fourth-order valence-electron chi connectivity index (χ4n) is 6.39. The summed E-state index contributed by atoms with van der Waals surface area (Å²) in [5.74, 6) is -1.19. The van der Waals surface area contributed by atoms with E-state index in [1.54, 1.807) is 34.6 Å². The highest BCUT2D eigenvalue weighted by Gasteiger charge is 2.40. The lowest BCUT2D eigenvalue weighted by molar-refractivity contribution is -0.139. The van der Waals surface area contributed by atoms with E-state index < -0.39 is 11.8 Å². The molecule has 11 nitrogen and oxygen atoms in total. The van der Waals surface area contributed by atoms with Crippen LogP contribution in [0.25, 0.3) is 10.9 Å². The number of benzene rings is 1. The highest BCUT2D eigenvalue weighted by atomic mass is 35.5. The molecule has 0 saturated carbocycles. The predicted molar refractivity (Wildman–Crippen MR) is 196 cm³/mol. The van der Waals surface area contributed by atoms with Gasteiger partial charge in [-0.05, 0) is 62.4 Å². The van der Waals surface area contributed by atoms with Crippen LogP contribution in [0, 0.1) is 11.8 Å².